The molecule has 1 aromatic heterocycles. The molecule has 23 heavy (non-hydrogen) atoms. The summed E-state index contributed by atoms with van der Waals surface area (Å²) in [7, 11) is -3.46. The molecule has 0 aliphatic rings. The van der Waals surface area contributed by atoms with Gasteiger partial charge in [-0.05, 0) is 77.9 Å². The van der Waals surface area contributed by atoms with Gasteiger partial charge in [-0.15, -0.1) is 0 Å². The summed E-state index contributed by atoms with van der Waals surface area (Å²) in [5, 5.41) is 1.15. The van der Waals surface area contributed by atoms with Gasteiger partial charge in [-0.2, -0.15) is 0 Å². The highest BCUT2D eigenvalue weighted by Crippen LogP contribution is 2.20. The molecule has 120 valence electrons. The molecule has 0 saturated carbocycles. The lowest BCUT2D eigenvalue weighted by Crippen LogP contribution is -2.25. The van der Waals surface area contributed by atoms with Crippen LogP contribution in [-0.2, 0) is 16.4 Å². The Balaban J connectivity index is 1.70. The van der Waals surface area contributed by atoms with Crippen LogP contribution in [-0.4, -0.2) is 19.9 Å². The van der Waals surface area contributed by atoms with E-state index in [4.69, 9.17) is 0 Å². The Morgan fingerprint density at radius 1 is 1.13 bits per heavy atom. The van der Waals surface area contributed by atoms with E-state index < -0.39 is 10.0 Å². The van der Waals surface area contributed by atoms with Gasteiger partial charge < -0.3 is 4.98 Å². The Bertz CT molecular complexity index is 931. The van der Waals surface area contributed by atoms with E-state index in [1.54, 1.807) is 24.3 Å². The minimum absolute atomic E-state index is 0.299. The lowest BCUT2D eigenvalue weighted by molar-refractivity contribution is 0.581. The Labute approximate surface area is 149 Å². The second-order valence-corrected chi connectivity index (χ2v) is 8.48. The number of rotatable bonds is 5. The number of aryl methyl sites for hydroxylation is 1. The van der Waals surface area contributed by atoms with Crippen molar-refractivity contribution in [3.05, 3.63) is 63.4 Å². The van der Waals surface area contributed by atoms with Gasteiger partial charge in [-0.3, -0.25) is 0 Å². The van der Waals surface area contributed by atoms with Crippen LogP contribution in [0.1, 0.15) is 11.1 Å². The first-order chi connectivity index (χ1) is 11.0. The first kappa shape index (κ1) is 16.5. The van der Waals surface area contributed by atoms with Crippen molar-refractivity contribution in [2.45, 2.75) is 18.2 Å². The molecule has 0 aliphatic carbocycles. The van der Waals surface area contributed by atoms with Crippen LogP contribution in [0.3, 0.4) is 0 Å². The summed E-state index contributed by atoms with van der Waals surface area (Å²) in [4.78, 5) is 3.52. The standard InChI is InChI=1S/C17H17IN2O2S/c1-12-2-7-17-16(10-12)13(11-19-17)8-9-20-23(21,22)15-5-3-14(18)4-6-15/h2-7,10-11,19-20H,8-9H2,1H3. The van der Waals surface area contributed by atoms with E-state index >= 15 is 0 Å². The van der Waals surface area contributed by atoms with Crippen molar-refractivity contribution >= 4 is 43.5 Å². The van der Waals surface area contributed by atoms with Crippen LogP contribution in [0.4, 0.5) is 0 Å². The first-order valence-corrected chi connectivity index (χ1v) is 9.84. The molecule has 6 heteroatoms. The minimum atomic E-state index is -3.46. The minimum Gasteiger partial charge on any atom is -0.361 e. The fourth-order valence-corrected chi connectivity index (χ4v) is 3.91. The van der Waals surface area contributed by atoms with Gasteiger partial charge in [0.25, 0.3) is 0 Å². The Morgan fingerprint density at radius 3 is 2.61 bits per heavy atom. The number of halogens is 1. The van der Waals surface area contributed by atoms with Gasteiger partial charge in [-0.1, -0.05) is 11.6 Å². The Morgan fingerprint density at radius 2 is 1.87 bits per heavy atom. The van der Waals surface area contributed by atoms with Gasteiger partial charge in [0, 0.05) is 27.2 Å². The average molecular weight is 440 g/mol. The summed E-state index contributed by atoms with van der Waals surface area (Å²) < 4.78 is 28.2. The molecule has 2 aromatic carbocycles. The predicted molar refractivity (Wildman–Crippen MR) is 101 cm³/mol. The topological polar surface area (TPSA) is 62.0 Å². The number of aromatic amines is 1. The van der Waals surface area contributed by atoms with Crippen LogP contribution >= 0.6 is 22.6 Å². The molecule has 0 unspecified atom stereocenters. The molecule has 3 aromatic rings. The van der Waals surface area contributed by atoms with Gasteiger partial charge in [-0.25, -0.2) is 13.1 Å². The molecule has 0 radical (unpaired) electrons. The zero-order valence-corrected chi connectivity index (χ0v) is 15.6. The summed E-state index contributed by atoms with van der Waals surface area (Å²) in [5.41, 5.74) is 3.39. The molecule has 0 saturated heterocycles. The summed E-state index contributed by atoms with van der Waals surface area (Å²) in [5.74, 6) is 0. The van der Waals surface area contributed by atoms with Crippen molar-refractivity contribution in [2.24, 2.45) is 0 Å². The number of sulfonamides is 1. The predicted octanol–water partition coefficient (Wildman–Crippen LogP) is 3.60. The van der Waals surface area contributed by atoms with Gasteiger partial charge in [0.05, 0.1) is 4.90 Å². The van der Waals surface area contributed by atoms with Crippen molar-refractivity contribution in [1.82, 2.24) is 9.71 Å². The third-order valence-corrected chi connectivity index (χ3v) is 5.93. The second kappa shape index (κ2) is 6.62. The SMILES string of the molecule is Cc1ccc2[nH]cc(CCNS(=O)(=O)c3ccc(I)cc3)c2c1. The number of hydrogen-bond donors (Lipinski definition) is 2. The normalized spacial score (nSPS) is 11.9. The van der Waals surface area contributed by atoms with E-state index in [1.807, 2.05) is 12.3 Å². The molecule has 1 heterocycles. The Kier molecular flexibility index (Phi) is 4.74. The van der Waals surface area contributed by atoms with E-state index in [2.05, 4.69) is 51.4 Å². The number of aromatic nitrogens is 1. The van der Waals surface area contributed by atoms with Gasteiger partial charge in [0.2, 0.25) is 10.0 Å². The highest BCUT2D eigenvalue weighted by atomic mass is 127. The third kappa shape index (κ3) is 3.76. The van der Waals surface area contributed by atoms with E-state index in [1.165, 1.54) is 5.56 Å². The van der Waals surface area contributed by atoms with Crippen molar-refractivity contribution in [3.63, 3.8) is 0 Å². The fraction of sp³-hybridized carbons (Fsp3) is 0.176. The summed E-state index contributed by atoms with van der Waals surface area (Å²) in [6.45, 7) is 2.42. The summed E-state index contributed by atoms with van der Waals surface area (Å²) >= 11 is 2.15. The van der Waals surface area contributed by atoms with Crippen molar-refractivity contribution < 1.29 is 8.42 Å². The van der Waals surface area contributed by atoms with E-state index in [-0.39, 0.29) is 0 Å². The van der Waals surface area contributed by atoms with E-state index in [0.29, 0.717) is 17.9 Å². The lowest BCUT2D eigenvalue weighted by atomic mass is 10.1. The number of hydrogen-bond acceptors (Lipinski definition) is 2. The summed E-state index contributed by atoms with van der Waals surface area (Å²) in [6.07, 6.45) is 2.59. The van der Waals surface area contributed by atoms with Crippen LogP contribution in [0.25, 0.3) is 10.9 Å². The molecule has 0 atom stereocenters. The van der Waals surface area contributed by atoms with Gasteiger partial charge >= 0.3 is 0 Å². The molecule has 0 bridgehead atoms. The highest BCUT2D eigenvalue weighted by molar-refractivity contribution is 14.1. The third-order valence-electron chi connectivity index (χ3n) is 3.73. The van der Waals surface area contributed by atoms with Crippen molar-refractivity contribution in [3.8, 4) is 0 Å². The van der Waals surface area contributed by atoms with Crippen LogP contribution in [0.15, 0.2) is 53.6 Å². The maximum Gasteiger partial charge on any atom is 0.240 e. The zero-order valence-electron chi connectivity index (χ0n) is 12.6. The van der Waals surface area contributed by atoms with E-state index in [9.17, 15) is 8.42 Å². The number of benzene rings is 2. The van der Waals surface area contributed by atoms with Crippen molar-refractivity contribution in [1.29, 1.82) is 0 Å². The number of fused-ring (bicyclic) bond motifs is 1. The van der Waals surface area contributed by atoms with Gasteiger partial charge in [0.15, 0.2) is 0 Å². The van der Waals surface area contributed by atoms with Crippen LogP contribution in [0.5, 0.6) is 0 Å². The average Bonchev–Trinajstić information content (AvgIpc) is 2.90. The fourth-order valence-electron chi connectivity index (χ4n) is 2.52. The second-order valence-electron chi connectivity index (χ2n) is 5.46. The molecular weight excluding hydrogens is 423 g/mol. The molecule has 0 spiro atoms. The molecule has 0 aliphatic heterocycles. The monoisotopic (exact) mass is 440 g/mol. The molecule has 4 nitrogen and oxygen atoms in total. The first-order valence-electron chi connectivity index (χ1n) is 7.27. The number of nitrogens with one attached hydrogen (secondary N) is 2. The van der Waals surface area contributed by atoms with Crippen LogP contribution < -0.4 is 4.72 Å². The Hall–Kier alpha value is -1.38. The smallest absolute Gasteiger partial charge is 0.240 e. The molecule has 2 N–H and O–H groups in total. The quantitative estimate of drug-likeness (QED) is 0.596. The molecule has 3 rings (SSSR count). The highest BCUT2D eigenvalue weighted by Gasteiger charge is 2.13. The molecule has 0 fully saturated rings. The maximum atomic E-state index is 12.3. The zero-order chi connectivity index (χ0) is 16.4. The lowest BCUT2D eigenvalue weighted by Gasteiger charge is -2.07. The summed E-state index contributed by atoms with van der Waals surface area (Å²) in [6, 6.07) is 13.0. The molecular formula is C17H17IN2O2S. The van der Waals surface area contributed by atoms with E-state index in [0.717, 1.165) is 20.0 Å². The van der Waals surface area contributed by atoms with Crippen molar-refractivity contribution in [2.75, 3.05) is 6.54 Å². The maximum absolute atomic E-state index is 12.3. The largest absolute Gasteiger partial charge is 0.361 e. The van der Waals surface area contributed by atoms with Crippen LogP contribution in [0, 0.1) is 10.5 Å². The molecule has 0 amide bonds. The van der Waals surface area contributed by atoms with Gasteiger partial charge in [0.1, 0.15) is 0 Å². The van der Waals surface area contributed by atoms with Crippen LogP contribution in [0.2, 0.25) is 0 Å². The number of H-pyrrole nitrogens is 1.